The number of ether oxygens (including phenoxy) is 2. The number of esters is 2. The van der Waals surface area contributed by atoms with E-state index in [4.69, 9.17) is 10.00 Å². The molecule has 0 radical (unpaired) electrons. The maximum atomic E-state index is 12.0. The molecule has 0 aliphatic carbocycles. The van der Waals surface area contributed by atoms with Crippen molar-refractivity contribution in [2.75, 3.05) is 7.11 Å². The highest BCUT2D eigenvalue weighted by Gasteiger charge is 2.10. The molecule has 0 bridgehead atoms. The number of carbonyl (C=O) groups is 2. The summed E-state index contributed by atoms with van der Waals surface area (Å²) in [7, 11) is 1.20. The summed E-state index contributed by atoms with van der Waals surface area (Å²) in [5.41, 5.74) is 0.838. The highest BCUT2D eigenvalue weighted by Crippen LogP contribution is 2.17. The Kier molecular flexibility index (Phi) is 5.26. The molecule has 2 rings (SSSR count). The van der Waals surface area contributed by atoms with Crippen LogP contribution in [0.4, 0.5) is 0 Å². The predicted octanol–water partition coefficient (Wildman–Crippen LogP) is 2.99. The highest BCUT2D eigenvalue weighted by atomic mass is 16.5. The summed E-state index contributed by atoms with van der Waals surface area (Å²) in [6.07, 6.45) is 1.37. The Labute approximate surface area is 133 Å². The minimum Gasteiger partial charge on any atom is -0.465 e. The lowest BCUT2D eigenvalue weighted by molar-refractivity contribution is -0.135. The Morgan fingerprint density at radius 2 is 1.83 bits per heavy atom. The Bertz CT molecular complexity index is 788. The summed E-state index contributed by atoms with van der Waals surface area (Å²) in [5, 5.41) is 8.95. The maximum Gasteiger partial charge on any atom is 0.348 e. The molecular formula is C18H13NO4. The van der Waals surface area contributed by atoms with E-state index in [1.165, 1.54) is 13.2 Å². The molecule has 0 N–H and O–H groups in total. The second-order valence-electron chi connectivity index (χ2n) is 4.49. The number of benzene rings is 2. The smallest absolute Gasteiger partial charge is 0.348 e. The molecule has 0 aromatic heterocycles. The number of nitriles is 1. The third-order valence-electron chi connectivity index (χ3n) is 2.91. The molecule has 5 nitrogen and oxygen atoms in total. The van der Waals surface area contributed by atoms with Gasteiger partial charge in [-0.2, -0.15) is 5.26 Å². The van der Waals surface area contributed by atoms with Crippen LogP contribution in [0.5, 0.6) is 5.75 Å². The Morgan fingerprint density at radius 1 is 1.09 bits per heavy atom. The molecule has 0 aliphatic rings. The van der Waals surface area contributed by atoms with Crippen LogP contribution in [-0.4, -0.2) is 19.0 Å². The Hall–Kier alpha value is -3.39. The molecule has 0 fully saturated rings. The quantitative estimate of drug-likeness (QED) is 0.375. The average molecular weight is 307 g/mol. The van der Waals surface area contributed by atoms with Gasteiger partial charge in [-0.1, -0.05) is 30.3 Å². The van der Waals surface area contributed by atoms with E-state index < -0.39 is 11.9 Å². The molecule has 23 heavy (non-hydrogen) atoms. The number of hydrogen-bond donors (Lipinski definition) is 0. The molecule has 5 heteroatoms. The molecule has 0 unspecified atom stereocenters. The van der Waals surface area contributed by atoms with Gasteiger partial charge < -0.3 is 9.47 Å². The zero-order valence-electron chi connectivity index (χ0n) is 12.4. The molecule has 0 atom stereocenters. The summed E-state index contributed by atoms with van der Waals surface area (Å²) >= 11 is 0. The van der Waals surface area contributed by atoms with Gasteiger partial charge >= 0.3 is 11.9 Å². The van der Waals surface area contributed by atoms with Crippen LogP contribution in [0.2, 0.25) is 0 Å². The normalized spacial score (nSPS) is 10.5. The fraction of sp³-hybridized carbons (Fsp3) is 0.0556. The van der Waals surface area contributed by atoms with E-state index in [-0.39, 0.29) is 5.57 Å². The van der Waals surface area contributed by atoms with Crippen LogP contribution >= 0.6 is 0 Å². The fourth-order valence-electron chi connectivity index (χ4n) is 1.82. The summed E-state index contributed by atoms with van der Waals surface area (Å²) in [6.45, 7) is 0. The Morgan fingerprint density at radius 3 is 2.48 bits per heavy atom. The van der Waals surface area contributed by atoms with E-state index in [0.717, 1.165) is 0 Å². The van der Waals surface area contributed by atoms with Crippen molar-refractivity contribution < 1.29 is 19.1 Å². The Balaban J connectivity index is 2.21. The van der Waals surface area contributed by atoms with E-state index in [0.29, 0.717) is 16.9 Å². The van der Waals surface area contributed by atoms with Crippen LogP contribution < -0.4 is 4.74 Å². The largest absolute Gasteiger partial charge is 0.465 e. The van der Waals surface area contributed by atoms with E-state index in [1.807, 2.05) is 0 Å². The molecular weight excluding hydrogens is 294 g/mol. The van der Waals surface area contributed by atoms with Gasteiger partial charge in [0.15, 0.2) is 0 Å². The summed E-state index contributed by atoms with van der Waals surface area (Å²) < 4.78 is 9.79. The topological polar surface area (TPSA) is 76.4 Å². The highest BCUT2D eigenvalue weighted by molar-refractivity contribution is 5.98. The van der Waals surface area contributed by atoms with Gasteiger partial charge in [0, 0.05) is 0 Å². The van der Waals surface area contributed by atoms with E-state index >= 15 is 0 Å². The molecule has 0 saturated heterocycles. The zero-order valence-corrected chi connectivity index (χ0v) is 12.4. The van der Waals surface area contributed by atoms with Crippen LogP contribution in [0.3, 0.4) is 0 Å². The lowest BCUT2D eigenvalue weighted by atomic mass is 10.1. The van der Waals surface area contributed by atoms with Crippen molar-refractivity contribution >= 4 is 18.0 Å². The zero-order chi connectivity index (χ0) is 16.7. The van der Waals surface area contributed by atoms with Crippen molar-refractivity contribution in [1.82, 2.24) is 0 Å². The number of methoxy groups -OCH3 is 1. The number of hydrogen-bond acceptors (Lipinski definition) is 5. The van der Waals surface area contributed by atoms with Gasteiger partial charge in [-0.25, -0.2) is 9.59 Å². The summed E-state index contributed by atoms with van der Waals surface area (Å²) in [5.74, 6) is -0.894. The number of nitrogens with zero attached hydrogens (tertiary/aromatic N) is 1. The lowest BCUT2D eigenvalue weighted by Gasteiger charge is -2.05. The first kappa shape index (κ1) is 16.0. The van der Waals surface area contributed by atoms with Gasteiger partial charge in [0.2, 0.25) is 0 Å². The summed E-state index contributed by atoms with van der Waals surface area (Å²) in [4.78, 5) is 23.4. The van der Waals surface area contributed by atoms with Gasteiger partial charge in [-0.3, -0.25) is 0 Å². The van der Waals surface area contributed by atoms with Gasteiger partial charge in [-0.05, 0) is 35.9 Å². The predicted molar refractivity (Wildman–Crippen MR) is 83.4 cm³/mol. The first-order valence-electron chi connectivity index (χ1n) is 6.71. The second kappa shape index (κ2) is 7.57. The lowest BCUT2D eigenvalue weighted by Crippen LogP contribution is -2.08. The molecule has 0 heterocycles. The third-order valence-corrected chi connectivity index (χ3v) is 2.91. The van der Waals surface area contributed by atoms with Crippen molar-refractivity contribution in [2.24, 2.45) is 0 Å². The monoisotopic (exact) mass is 307 g/mol. The van der Waals surface area contributed by atoms with E-state index in [2.05, 4.69) is 4.74 Å². The van der Waals surface area contributed by atoms with Crippen LogP contribution in [-0.2, 0) is 9.53 Å². The van der Waals surface area contributed by atoms with Crippen LogP contribution in [0, 0.1) is 11.3 Å². The van der Waals surface area contributed by atoms with Gasteiger partial charge in [0.1, 0.15) is 17.4 Å². The second-order valence-corrected chi connectivity index (χ2v) is 4.49. The molecule has 114 valence electrons. The van der Waals surface area contributed by atoms with Crippen LogP contribution in [0.15, 0.2) is 60.2 Å². The molecule has 0 amide bonds. The third kappa shape index (κ3) is 4.29. The minimum absolute atomic E-state index is 0.140. The van der Waals surface area contributed by atoms with Crippen LogP contribution in [0.1, 0.15) is 15.9 Å². The number of carbonyl (C=O) groups excluding carboxylic acids is 2. The van der Waals surface area contributed by atoms with Crippen molar-refractivity contribution in [3.8, 4) is 11.8 Å². The SMILES string of the molecule is COC(=O)/C(C#N)=C/c1cccc(OC(=O)c2ccccc2)c1. The van der Waals surface area contributed by atoms with Crippen molar-refractivity contribution in [3.63, 3.8) is 0 Å². The molecule has 2 aromatic rings. The van der Waals surface area contributed by atoms with E-state index in [9.17, 15) is 9.59 Å². The molecule has 0 aliphatic heterocycles. The fourth-order valence-corrected chi connectivity index (χ4v) is 1.82. The first-order valence-corrected chi connectivity index (χ1v) is 6.71. The number of rotatable bonds is 4. The molecule has 0 saturated carbocycles. The molecule has 0 spiro atoms. The van der Waals surface area contributed by atoms with Crippen LogP contribution in [0.25, 0.3) is 6.08 Å². The summed E-state index contributed by atoms with van der Waals surface area (Å²) in [6, 6.07) is 16.9. The standard InChI is InChI=1S/C18H13NO4/c1-22-17(20)15(12-19)10-13-6-5-9-16(11-13)23-18(21)14-7-3-2-4-8-14/h2-11H,1H3/b15-10+. The van der Waals surface area contributed by atoms with Crippen molar-refractivity contribution in [1.29, 1.82) is 5.26 Å². The van der Waals surface area contributed by atoms with E-state index in [1.54, 1.807) is 60.7 Å². The minimum atomic E-state index is -0.723. The first-order chi connectivity index (χ1) is 11.1. The molecule has 2 aromatic carbocycles. The maximum absolute atomic E-state index is 12.0. The van der Waals surface area contributed by atoms with Crippen molar-refractivity contribution in [3.05, 3.63) is 71.3 Å². The van der Waals surface area contributed by atoms with Gasteiger partial charge in [0.05, 0.1) is 12.7 Å². The van der Waals surface area contributed by atoms with Gasteiger partial charge in [-0.15, -0.1) is 0 Å². The van der Waals surface area contributed by atoms with Gasteiger partial charge in [0.25, 0.3) is 0 Å². The average Bonchev–Trinajstić information content (AvgIpc) is 2.60. The van der Waals surface area contributed by atoms with Crippen molar-refractivity contribution in [2.45, 2.75) is 0 Å².